The van der Waals surface area contributed by atoms with Crippen molar-refractivity contribution < 1.29 is 18.1 Å². The summed E-state index contributed by atoms with van der Waals surface area (Å²) in [5.74, 6) is 0.619. The SMILES string of the molecule is [2H]c1c([2H])c([2H])c(-c2ccc3c(c2)N(c2ccc(-c4ccccc4)cc2)c2cc(-c4c([2H])c([2H])c([2H])c([2H])c4[2H])cc4c2B3c2c-4oc3ccccc23)c([2H])c1[2H]. The number of nitrogens with zero attached hydrogens (tertiary/aromatic N) is 1. The quantitative estimate of drug-likeness (QED) is 0.185. The molecule has 2 aliphatic rings. The van der Waals surface area contributed by atoms with Crippen LogP contribution in [0.3, 0.4) is 0 Å². The molecule has 218 valence electrons. The number of furan rings is 1. The average molecular weight is 608 g/mol. The van der Waals surface area contributed by atoms with Gasteiger partial charge in [-0.1, -0.05) is 133 Å². The zero-order chi connectivity index (χ0) is 39.6. The molecular formula is C44H28BNO. The predicted octanol–water partition coefficient (Wildman–Crippen LogP) is 9.71. The van der Waals surface area contributed by atoms with Gasteiger partial charge in [-0.3, -0.25) is 0 Å². The first kappa shape index (κ1) is 18.2. The van der Waals surface area contributed by atoms with Crippen molar-refractivity contribution in [1.29, 1.82) is 0 Å². The van der Waals surface area contributed by atoms with Crippen LogP contribution >= 0.6 is 0 Å². The first-order chi connectivity index (χ1) is 27.5. The van der Waals surface area contributed by atoms with Crippen LogP contribution in [0.1, 0.15) is 13.7 Å². The van der Waals surface area contributed by atoms with Gasteiger partial charge in [0.15, 0.2) is 0 Å². The number of hydrogen-bond acceptors (Lipinski definition) is 2. The van der Waals surface area contributed by atoms with Crippen LogP contribution in [-0.4, -0.2) is 6.71 Å². The smallest absolute Gasteiger partial charge is 0.253 e. The molecule has 0 spiro atoms. The molecule has 0 saturated carbocycles. The summed E-state index contributed by atoms with van der Waals surface area (Å²) in [5.41, 5.74) is 9.27. The van der Waals surface area contributed by atoms with Crippen molar-refractivity contribution in [2.75, 3.05) is 4.90 Å². The summed E-state index contributed by atoms with van der Waals surface area (Å²) in [6, 6.07) is 31.1. The molecule has 7 aromatic carbocycles. The summed E-state index contributed by atoms with van der Waals surface area (Å²) in [4.78, 5) is 2.05. The minimum atomic E-state index is -0.481. The van der Waals surface area contributed by atoms with Gasteiger partial charge in [0.2, 0.25) is 0 Å². The van der Waals surface area contributed by atoms with Crippen LogP contribution in [0, 0.1) is 0 Å². The van der Waals surface area contributed by atoms with Crippen molar-refractivity contribution in [2.24, 2.45) is 0 Å². The number of anilines is 3. The van der Waals surface area contributed by atoms with Crippen molar-refractivity contribution in [1.82, 2.24) is 0 Å². The first-order valence-corrected chi connectivity index (χ1v) is 15.4. The van der Waals surface area contributed by atoms with E-state index in [1.54, 1.807) is 6.07 Å². The molecule has 0 amide bonds. The molecule has 8 aromatic rings. The van der Waals surface area contributed by atoms with E-state index < -0.39 is 36.3 Å². The van der Waals surface area contributed by atoms with Crippen molar-refractivity contribution in [3.05, 3.63) is 170 Å². The van der Waals surface area contributed by atoms with Gasteiger partial charge in [-0.15, -0.1) is 0 Å². The lowest BCUT2D eigenvalue weighted by Gasteiger charge is -2.36. The second-order valence-electron chi connectivity index (χ2n) is 11.8. The number of hydrogen-bond donors (Lipinski definition) is 0. The summed E-state index contributed by atoms with van der Waals surface area (Å²) in [6.45, 7) is -0.355. The lowest BCUT2D eigenvalue weighted by atomic mass is 9.37. The summed E-state index contributed by atoms with van der Waals surface area (Å²) < 4.78 is 92.6. The van der Waals surface area contributed by atoms with Crippen LogP contribution in [0.4, 0.5) is 17.1 Å². The van der Waals surface area contributed by atoms with Crippen LogP contribution in [0.15, 0.2) is 174 Å². The highest BCUT2D eigenvalue weighted by Crippen LogP contribution is 2.45. The summed E-state index contributed by atoms with van der Waals surface area (Å²) in [5, 5.41) is 0.908. The molecule has 0 N–H and O–H groups in total. The number of rotatable bonds is 4. The van der Waals surface area contributed by atoms with E-state index in [2.05, 4.69) is 0 Å². The van der Waals surface area contributed by atoms with E-state index in [0.29, 0.717) is 33.8 Å². The molecule has 0 aliphatic carbocycles. The van der Waals surface area contributed by atoms with Gasteiger partial charge in [0, 0.05) is 28.0 Å². The maximum Gasteiger partial charge on any atom is 0.253 e. The Morgan fingerprint density at radius 3 is 1.91 bits per heavy atom. The lowest BCUT2D eigenvalue weighted by Crippen LogP contribution is -2.54. The monoisotopic (exact) mass is 607 g/mol. The number of fused-ring (bicyclic) bond motifs is 7. The lowest BCUT2D eigenvalue weighted by molar-refractivity contribution is 0.635. The molecule has 47 heavy (non-hydrogen) atoms. The van der Waals surface area contributed by atoms with Crippen molar-refractivity contribution in [2.45, 2.75) is 0 Å². The van der Waals surface area contributed by atoms with E-state index in [-0.39, 0.29) is 42.0 Å². The van der Waals surface area contributed by atoms with E-state index in [4.69, 9.17) is 18.1 Å². The van der Waals surface area contributed by atoms with Gasteiger partial charge >= 0.3 is 0 Å². The highest BCUT2D eigenvalue weighted by Gasteiger charge is 2.46. The van der Waals surface area contributed by atoms with Gasteiger partial charge < -0.3 is 9.32 Å². The second kappa shape index (κ2) is 10.2. The van der Waals surface area contributed by atoms with E-state index in [1.165, 1.54) is 0 Å². The van der Waals surface area contributed by atoms with E-state index in [0.717, 1.165) is 44.2 Å². The van der Waals surface area contributed by atoms with Gasteiger partial charge in [-0.05, 0) is 86.2 Å². The Morgan fingerprint density at radius 2 is 1.15 bits per heavy atom. The normalized spacial score (nSPS) is 15.6. The molecule has 0 atom stereocenters. The van der Waals surface area contributed by atoms with Crippen molar-refractivity contribution >= 4 is 51.1 Å². The minimum Gasteiger partial charge on any atom is -0.457 e. The fraction of sp³-hybridized carbons (Fsp3) is 0. The van der Waals surface area contributed by atoms with Crippen LogP contribution < -0.4 is 21.3 Å². The summed E-state index contributed by atoms with van der Waals surface area (Å²) in [7, 11) is 0. The molecule has 0 saturated heterocycles. The number of benzene rings is 7. The summed E-state index contributed by atoms with van der Waals surface area (Å²) >= 11 is 0. The Labute approximate surface area is 288 Å². The molecule has 10 rings (SSSR count). The standard InChI is InChI=1S/C44H28BNO/c1-4-12-29(13-5-1)32-20-23-35(24-21-32)46-39-27-33(30-14-6-2-7-15-30)22-25-38(39)45-42-37(44-43(45)36-18-10-11-19-41(36)47-44)26-34(28-40(42)46)31-16-8-3-9-17-31/h1-28H/i2D,3D,6D,7D,8D,9D,14D,15D,16D,17D. The Balaban J connectivity index is 1.31. The molecule has 3 heterocycles. The van der Waals surface area contributed by atoms with Gasteiger partial charge in [-0.25, -0.2) is 0 Å². The van der Waals surface area contributed by atoms with Gasteiger partial charge in [0.05, 0.1) is 13.7 Å². The third-order valence-corrected chi connectivity index (χ3v) is 9.25. The molecule has 2 nitrogen and oxygen atoms in total. The van der Waals surface area contributed by atoms with Crippen LogP contribution in [0.5, 0.6) is 0 Å². The van der Waals surface area contributed by atoms with Crippen molar-refractivity contribution in [3.63, 3.8) is 0 Å². The third kappa shape index (κ3) is 4.00. The minimum absolute atomic E-state index is 0.0548. The molecule has 0 unspecified atom stereocenters. The Hall–Kier alpha value is -6.06. The van der Waals surface area contributed by atoms with Crippen LogP contribution in [-0.2, 0) is 0 Å². The molecule has 2 aliphatic heterocycles. The molecule has 0 radical (unpaired) electrons. The molecular weight excluding hydrogens is 569 g/mol. The topological polar surface area (TPSA) is 16.4 Å². The first-order valence-electron chi connectivity index (χ1n) is 20.4. The molecule has 3 heteroatoms. The maximum absolute atomic E-state index is 8.94. The predicted molar refractivity (Wildman–Crippen MR) is 197 cm³/mol. The highest BCUT2D eigenvalue weighted by atomic mass is 16.3. The third-order valence-electron chi connectivity index (χ3n) is 9.25. The number of para-hydroxylation sites is 1. The van der Waals surface area contributed by atoms with E-state index >= 15 is 0 Å². The Morgan fingerprint density at radius 1 is 0.511 bits per heavy atom. The van der Waals surface area contributed by atoms with Gasteiger partial charge in [-0.2, -0.15) is 0 Å². The molecule has 1 aromatic heterocycles. The molecule has 0 fully saturated rings. The summed E-state index contributed by atoms with van der Waals surface area (Å²) in [6.07, 6.45) is 0. The fourth-order valence-corrected chi connectivity index (χ4v) is 7.23. The fourth-order valence-electron chi connectivity index (χ4n) is 7.23. The van der Waals surface area contributed by atoms with Gasteiger partial charge in [0.1, 0.15) is 11.3 Å². The Kier molecular flexibility index (Phi) is 3.96. The van der Waals surface area contributed by atoms with E-state index in [1.807, 2.05) is 108 Å². The highest BCUT2D eigenvalue weighted by molar-refractivity contribution is 7.02. The van der Waals surface area contributed by atoms with E-state index in [9.17, 15) is 0 Å². The van der Waals surface area contributed by atoms with Crippen LogP contribution in [0.2, 0.25) is 0 Å². The maximum atomic E-state index is 8.94. The average Bonchev–Trinajstić information content (AvgIpc) is 3.77. The van der Waals surface area contributed by atoms with Crippen molar-refractivity contribution in [3.8, 4) is 44.7 Å². The second-order valence-corrected chi connectivity index (χ2v) is 11.8. The Bertz CT molecular complexity index is 2980. The van der Waals surface area contributed by atoms with Crippen LogP contribution in [0.25, 0.3) is 55.7 Å². The van der Waals surface area contributed by atoms with Gasteiger partial charge in [0.25, 0.3) is 6.71 Å². The largest absolute Gasteiger partial charge is 0.457 e. The zero-order valence-electron chi connectivity index (χ0n) is 34.8. The zero-order valence-corrected chi connectivity index (χ0v) is 24.8. The molecule has 0 bridgehead atoms.